The molecule has 2 rings (SSSR count). The van der Waals surface area contributed by atoms with Gasteiger partial charge in [0.15, 0.2) is 0 Å². The van der Waals surface area contributed by atoms with Crippen LogP contribution >= 0.6 is 11.6 Å². The van der Waals surface area contributed by atoms with E-state index in [9.17, 15) is 18.0 Å². The van der Waals surface area contributed by atoms with Gasteiger partial charge in [-0.3, -0.25) is 4.79 Å². The summed E-state index contributed by atoms with van der Waals surface area (Å²) in [5.41, 5.74) is 5.39. The molecule has 0 aliphatic heterocycles. The molecule has 7 nitrogen and oxygen atoms in total. The molecule has 0 saturated carbocycles. The molecule has 0 aromatic heterocycles. The number of rotatable bonds is 7. The van der Waals surface area contributed by atoms with Crippen molar-refractivity contribution in [2.24, 2.45) is 5.73 Å². The summed E-state index contributed by atoms with van der Waals surface area (Å²) >= 11 is 6.05. The number of esters is 1. The van der Waals surface area contributed by atoms with Crippen molar-refractivity contribution in [3.63, 3.8) is 0 Å². The number of primary amides is 1. The van der Waals surface area contributed by atoms with Crippen molar-refractivity contribution in [1.29, 1.82) is 0 Å². The van der Waals surface area contributed by atoms with Gasteiger partial charge in [-0.2, -0.15) is 4.31 Å². The summed E-state index contributed by atoms with van der Waals surface area (Å²) in [7, 11) is -3.85. The van der Waals surface area contributed by atoms with E-state index in [1.807, 2.05) is 0 Å². The van der Waals surface area contributed by atoms with Crippen LogP contribution in [0, 0.1) is 0 Å². The highest BCUT2D eigenvalue weighted by Gasteiger charge is 2.26. The molecule has 0 fully saturated rings. The molecule has 2 aromatic carbocycles. The van der Waals surface area contributed by atoms with Crippen LogP contribution in [-0.4, -0.2) is 37.7 Å². The Kier molecular flexibility index (Phi) is 6.59. The van der Waals surface area contributed by atoms with E-state index in [1.165, 1.54) is 46.8 Å². The number of amides is 1. The number of carbonyl (C=O) groups excluding carboxylic acids is 2. The average Bonchev–Trinajstić information content (AvgIpc) is 2.62. The molecule has 1 amide bonds. The number of nitrogens with two attached hydrogens (primary N) is 1. The van der Waals surface area contributed by atoms with E-state index in [4.69, 9.17) is 22.1 Å². The fraction of sp³-hybridized carbons (Fsp3) is 0.222. The highest BCUT2D eigenvalue weighted by Crippen LogP contribution is 2.26. The van der Waals surface area contributed by atoms with Crippen molar-refractivity contribution >= 4 is 33.5 Å². The Morgan fingerprint density at radius 3 is 2.33 bits per heavy atom. The molecule has 0 radical (unpaired) electrons. The number of ether oxygens (including phenoxy) is 1. The minimum Gasteiger partial charge on any atom is -0.423 e. The largest absolute Gasteiger partial charge is 0.423 e. The number of nitrogens with zero attached hydrogens (tertiary/aromatic N) is 1. The Labute approximate surface area is 162 Å². The minimum absolute atomic E-state index is 0.00850. The zero-order chi connectivity index (χ0) is 20.2. The lowest BCUT2D eigenvalue weighted by molar-refractivity contribution is 0.0733. The standard InChI is InChI=1S/C18H19ClN2O5S/c1-3-21(4-2)27(24,25)16-11-13(8-9-15(16)19)18(23)26-14-7-5-6-12(10-14)17(20)22/h5-11H,3-4H2,1-2H3,(H2,20,22). The molecular weight excluding hydrogens is 392 g/mol. The highest BCUT2D eigenvalue weighted by molar-refractivity contribution is 7.89. The first-order chi connectivity index (χ1) is 12.7. The van der Waals surface area contributed by atoms with Crippen molar-refractivity contribution in [3.05, 3.63) is 58.6 Å². The molecule has 0 heterocycles. The van der Waals surface area contributed by atoms with Crippen LogP contribution in [0.2, 0.25) is 5.02 Å². The molecule has 0 saturated heterocycles. The Morgan fingerprint density at radius 2 is 1.74 bits per heavy atom. The van der Waals surface area contributed by atoms with Gasteiger partial charge in [-0.15, -0.1) is 0 Å². The van der Waals surface area contributed by atoms with E-state index in [1.54, 1.807) is 13.8 Å². The van der Waals surface area contributed by atoms with E-state index in [2.05, 4.69) is 0 Å². The quantitative estimate of drug-likeness (QED) is 0.557. The van der Waals surface area contributed by atoms with Crippen LogP contribution < -0.4 is 10.5 Å². The average molecular weight is 411 g/mol. The zero-order valence-electron chi connectivity index (χ0n) is 14.8. The van der Waals surface area contributed by atoms with Crippen molar-refractivity contribution < 1.29 is 22.7 Å². The Bertz CT molecular complexity index is 971. The smallest absolute Gasteiger partial charge is 0.343 e. The van der Waals surface area contributed by atoms with Gasteiger partial charge in [0.1, 0.15) is 10.6 Å². The topological polar surface area (TPSA) is 107 Å². The molecule has 0 atom stereocenters. The Hall–Kier alpha value is -2.42. The van der Waals surface area contributed by atoms with E-state index >= 15 is 0 Å². The van der Waals surface area contributed by atoms with Gasteiger partial charge in [-0.05, 0) is 36.4 Å². The molecule has 0 aliphatic carbocycles. The van der Waals surface area contributed by atoms with Gasteiger partial charge in [0.2, 0.25) is 15.9 Å². The third kappa shape index (κ3) is 4.65. The molecule has 0 spiro atoms. The monoisotopic (exact) mass is 410 g/mol. The number of halogens is 1. The van der Waals surface area contributed by atoms with Crippen LogP contribution in [0.15, 0.2) is 47.4 Å². The van der Waals surface area contributed by atoms with Crippen molar-refractivity contribution in [1.82, 2.24) is 4.31 Å². The van der Waals surface area contributed by atoms with E-state index in [-0.39, 0.29) is 39.9 Å². The van der Waals surface area contributed by atoms with Crippen molar-refractivity contribution in [3.8, 4) is 5.75 Å². The number of benzene rings is 2. The number of hydrogen-bond acceptors (Lipinski definition) is 5. The maximum atomic E-state index is 12.7. The van der Waals surface area contributed by atoms with E-state index in [0.717, 1.165) is 0 Å². The van der Waals surface area contributed by atoms with Crippen LogP contribution in [0.3, 0.4) is 0 Å². The third-order valence-electron chi connectivity index (χ3n) is 3.82. The highest BCUT2D eigenvalue weighted by atomic mass is 35.5. The van der Waals surface area contributed by atoms with Gasteiger partial charge in [-0.25, -0.2) is 13.2 Å². The number of hydrogen-bond donors (Lipinski definition) is 1. The van der Waals surface area contributed by atoms with E-state index < -0.39 is 21.9 Å². The molecule has 0 bridgehead atoms. The molecule has 2 aromatic rings. The van der Waals surface area contributed by atoms with Gasteiger partial charge in [0.25, 0.3) is 0 Å². The summed E-state index contributed by atoms with van der Waals surface area (Å²) in [6.07, 6.45) is 0. The van der Waals surface area contributed by atoms with Crippen molar-refractivity contribution in [2.45, 2.75) is 18.7 Å². The van der Waals surface area contributed by atoms with Crippen molar-refractivity contribution in [2.75, 3.05) is 13.1 Å². The van der Waals surface area contributed by atoms with Gasteiger partial charge in [0, 0.05) is 18.7 Å². The molecule has 27 heavy (non-hydrogen) atoms. The second kappa shape index (κ2) is 8.51. The molecule has 0 unspecified atom stereocenters. The van der Waals surface area contributed by atoms with Crippen LogP contribution in [0.5, 0.6) is 5.75 Å². The van der Waals surface area contributed by atoms with Crippen LogP contribution in [0.1, 0.15) is 34.6 Å². The normalized spacial score (nSPS) is 11.4. The molecule has 9 heteroatoms. The summed E-state index contributed by atoms with van der Waals surface area (Å²) < 4.78 is 31.9. The Morgan fingerprint density at radius 1 is 1.07 bits per heavy atom. The first-order valence-electron chi connectivity index (χ1n) is 8.12. The maximum absolute atomic E-state index is 12.7. The maximum Gasteiger partial charge on any atom is 0.343 e. The second-order valence-corrected chi connectivity index (χ2v) is 7.83. The predicted molar refractivity (Wildman–Crippen MR) is 101 cm³/mol. The lowest BCUT2D eigenvalue weighted by Gasteiger charge is -2.19. The predicted octanol–water partition coefficient (Wildman–Crippen LogP) is 2.69. The van der Waals surface area contributed by atoms with Crippen LogP contribution in [-0.2, 0) is 10.0 Å². The SMILES string of the molecule is CCN(CC)S(=O)(=O)c1cc(C(=O)Oc2cccc(C(N)=O)c2)ccc1Cl. The van der Waals surface area contributed by atoms with Crippen LogP contribution in [0.4, 0.5) is 0 Å². The third-order valence-corrected chi connectivity index (χ3v) is 6.35. The van der Waals surface area contributed by atoms with Gasteiger partial charge >= 0.3 is 5.97 Å². The molecule has 0 aliphatic rings. The van der Waals surface area contributed by atoms with Gasteiger partial charge < -0.3 is 10.5 Å². The molecule has 2 N–H and O–H groups in total. The minimum atomic E-state index is -3.85. The Balaban J connectivity index is 2.36. The summed E-state index contributed by atoms with van der Waals surface area (Å²) in [5.74, 6) is -1.34. The fourth-order valence-corrected chi connectivity index (χ4v) is 4.37. The van der Waals surface area contributed by atoms with Gasteiger partial charge in [-0.1, -0.05) is 31.5 Å². The second-order valence-electron chi connectivity index (χ2n) is 5.52. The van der Waals surface area contributed by atoms with E-state index in [0.29, 0.717) is 0 Å². The number of carbonyl (C=O) groups is 2. The van der Waals surface area contributed by atoms with Crippen LogP contribution in [0.25, 0.3) is 0 Å². The fourth-order valence-electron chi connectivity index (χ4n) is 2.41. The summed E-state index contributed by atoms with van der Waals surface area (Å²) in [6, 6.07) is 9.67. The molecule has 144 valence electrons. The lowest BCUT2D eigenvalue weighted by Crippen LogP contribution is -2.31. The lowest BCUT2D eigenvalue weighted by atomic mass is 10.2. The van der Waals surface area contributed by atoms with Gasteiger partial charge in [0.05, 0.1) is 10.6 Å². The molecular formula is C18H19ClN2O5S. The summed E-state index contributed by atoms with van der Waals surface area (Å²) in [6.45, 7) is 3.95. The first-order valence-corrected chi connectivity index (χ1v) is 9.94. The summed E-state index contributed by atoms with van der Waals surface area (Å²) in [4.78, 5) is 23.4. The number of sulfonamides is 1. The summed E-state index contributed by atoms with van der Waals surface area (Å²) in [5, 5.41) is 0.00850. The first kappa shape index (κ1) is 20.9. The zero-order valence-corrected chi connectivity index (χ0v) is 16.4.